The molecule has 0 aliphatic heterocycles. The van der Waals surface area contributed by atoms with Crippen LogP contribution in [0, 0.1) is 0 Å². The lowest BCUT2D eigenvalue weighted by Crippen LogP contribution is -2.48. The van der Waals surface area contributed by atoms with Crippen molar-refractivity contribution in [3.8, 4) is 17.2 Å². The molecule has 0 atom stereocenters. The monoisotopic (exact) mass is 382 g/mol. The minimum atomic E-state index is -1.79. The first-order valence-electron chi connectivity index (χ1n) is 9.67. The molecule has 0 heterocycles. The standard InChI is InChI=1S/C21H38O4Si/c1-15(2)26(16(3)4,17(5)6)25-12-10-11-18-13-19(22-7)21(24-9)20(14-18)23-8/h13-17H,10-12H2,1-9H3. The first-order valence-corrected chi connectivity index (χ1v) is 11.8. The third kappa shape index (κ3) is 4.95. The number of rotatable bonds is 11. The van der Waals surface area contributed by atoms with Crippen LogP contribution >= 0.6 is 0 Å². The molecule has 1 aromatic carbocycles. The number of hydrogen-bond donors (Lipinski definition) is 0. The van der Waals surface area contributed by atoms with Gasteiger partial charge in [0.15, 0.2) is 19.8 Å². The van der Waals surface area contributed by atoms with E-state index in [1.807, 2.05) is 12.1 Å². The van der Waals surface area contributed by atoms with Crippen molar-refractivity contribution in [3.63, 3.8) is 0 Å². The van der Waals surface area contributed by atoms with Gasteiger partial charge >= 0.3 is 0 Å². The van der Waals surface area contributed by atoms with Crippen molar-refractivity contribution in [1.29, 1.82) is 0 Å². The summed E-state index contributed by atoms with van der Waals surface area (Å²) in [5.74, 6) is 2.05. The molecule has 0 unspecified atom stereocenters. The Bertz CT molecular complexity index is 508. The van der Waals surface area contributed by atoms with Crippen LogP contribution < -0.4 is 14.2 Å². The first-order chi connectivity index (χ1) is 12.2. The highest BCUT2D eigenvalue weighted by atomic mass is 28.4. The van der Waals surface area contributed by atoms with Gasteiger partial charge in [-0.1, -0.05) is 41.5 Å². The second kappa shape index (κ2) is 10.2. The summed E-state index contributed by atoms with van der Waals surface area (Å²) in [5.41, 5.74) is 3.02. The molecule has 1 aromatic rings. The highest BCUT2D eigenvalue weighted by Crippen LogP contribution is 2.42. The second-order valence-corrected chi connectivity index (χ2v) is 13.3. The van der Waals surface area contributed by atoms with E-state index < -0.39 is 8.32 Å². The van der Waals surface area contributed by atoms with Crippen LogP contribution in [0.4, 0.5) is 0 Å². The van der Waals surface area contributed by atoms with E-state index in [-0.39, 0.29) is 0 Å². The van der Waals surface area contributed by atoms with Crippen molar-refractivity contribution in [1.82, 2.24) is 0 Å². The third-order valence-corrected chi connectivity index (χ3v) is 11.5. The van der Waals surface area contributed by atoms with Crippen LogP contribution in [0.15, 0.2) is 12.1 Å². The summed E-state index contributed by atoms with van der Waals surface area (Å²) in [6.07, 6.45) is 1.91. The van der Waals surface area contributed by atoms with Gasteiger partial charge in [-0.15, -0.1) is 0 Å². The molecule has 1 rings (SSSR count). The summed E-state index contributed by atoms with van der Waals surface area (Å²) in [7, 11) is 3.14. The number of hydrogen-bond acceptors (Lipinski definition) is 4. The predicted molar refractivity (Wildman–Crippen MR) is 111 cm³/mol. The van der Waals surface area contributed by atoms with E-state index in [0.717, 1.165) is 19.4 Å². The van der Waals surface area contributed by atoms with Gasteiger partial charge in [0, 0.05) is 6.61 Å². The fourth-order valence-electron chi connectivity index (χ4n) is 4.30. The fourth-order valence-corrected chi connectivity index (χ4v) is 9.80. The zero-order chi connectivity index (χ0) is 19.9. The molecular weight excluding hydrogens is 344 g/mol. The lowest BCUT2D eigenvalue weighted by molar-refractivity contribution is 0.272. The van der Waals surface area contributed by atoms with Crippen molar-refractivity contribution in [2.75, 3.05) is 27.9 Å². The Balaban J connectivity index is 2.81. The molecule has 0 spiro atoms. The summed E-state index contributed by atoms with van der Waals surface area (Å²) in [5, 5.41) is 0. The molecule has 5 heteroatoms. The average molecular weight is 383 g/mol. The largest absolute Gasteiger partial charge is 0.493 e. The van der Waals surface area contributed by atoms with Gasteiger partial charge in [-0.2, -0.15) is 0 Å². The Morgan fingerprint density at radius 3 is 1.58 bits per heavy atom. The van der Waals surface area contributed by atoms with Gasteiger partial charge in [-0.05, 0) is 47.2 Å². The van der Waals surface area contributed by atoms with Gasteiger partial charge in [0.1, 0.15) is 0 Å². The van der Waals surface area contributed by atoms with E-state index in [4.69, 9.17) is 18.6 Å². The van der Waals surface area contributed by atoms with Gasteiger partial charge in [0.05, 0.1) is 21.3 Å². The number of aryl methyl sites for hydroxylation is 1. The Labute approximate surface area is 161 Å². The zero-order valence-electron chi connectivity index (χ0n) is 18.1. The molecule has 0 aromatic heterocycles. The topological polar surface area (TPSA) is 36.9 Å². The van der Waals surface area contributed by atoms with E-state index in [2.05, 4.69) is 41.5 Å². The summed E-state index contributed by atoms with van der Waals surface area (Å²) >= 11 is 0. The van der Waals surface area contributed by atoms with Crippen molar-refractivity contribution in [2.45, 2.75) is 71.0 Å². The maximum Gasteiger partial charge on any atom is 0.203 e. The fraction of sp³-hybridized carbons (Fsp3) is 0.714. The predicted octanol–water partition coefficient (Wildman–Crippen LogP) is 5.84. The Hall–Kier alpha value is -1.20. The maximum absolute atomic E-state index is 6.65. The van der Waals surface area contributed by atoms with Crippen LogP contribution in [0.1, 0.15) is 53.5 Å². The van der Waals surface area contributed by atoms with E-state index in [0.29, 0.717) is 33.9 Å². The van der Waals surface area contributed by atoms with Crippen LogP contribution in [0.2, 0.25) is 16.6 Å². The zero-order valence-corrected chi connectivity index (χ0v) is 19.1. The normalized spacial score (nSPS) is 12.2. The second-order valence-electron chi connectivity index (χ2n) is 7.80. The van der Waals surface area contributed by atoms with Gasteiger partial charge in [0.25, 0.3) is 0 Å². The molecule has 0 saturated carbocycles. The molecule has 26 heavy (non-hydrogen) atoms. The average Bonchev–Trinajstić information content (AvgIpc) is 2.59. The lowest BCUT2D eigenvalue weighted by Gasteiger charge is -2.42. The summed E-state index contributed by atoms with van der Waals surface area (Å²) < 4.78 is 22.9. The first kappa shape index (κ1) is 22.8. The van der Waals surface area contributed by atoms with Crippen molar-refractivity contribution < 1.29 is 18.6 Å². The van der Waals surface area contributed by atoms with E-state index in [1.54, 1.807) is 21.3 Å². The summed E-state index contributed by atoms with van der Waals surface area (Å²) in [6, 6.07) is 4.05. The van der Waals surface area contributed by atoms with Crippen LogP contribution in [0.25, 0.3) is 0 Å². The van der Waals surface area contributed by atoms with E-state index in [1.165, 1.54) is 5.56 Å². The molecule has 0 bridgehead atoms. The van der Waals surface area contributed by atoms with Gasteiger partial charge in [-0.25, -0.2) is 0 Å². The molecule has 4 nitrogen and oxygen atoms in total. The third-order valence-electron chi connectivity index (χ3n) is 5.39. The van der Waals surface area contributed by atoms with Crippen LogP contribution in [0.3, 0.4) is 0 Å². The molecule has 0 amide bonds. The molecule has 150 valence electrons. The lowest BCUT2D eigenvalue weighted by atomic mass is 10.1. The smallest absolute Gasteiger partial charge is 0.203 e. The van der Waals surface area contributed by atoms with Crippen molar-refractivity contribution >= 4 is 8.32 Å². The number of methoxy groups -OCH3 is 3. The van der Waals surface area contributed by atoms with Crippen LogP contribution in [-0.2, 0) is 10.8 Å². The molecule has 0 fully saturated rings. The highest BCUT2D eigenvalue weighted by Gasteiger charge is 2.44. The Morgan fingerprint density at radius 1 is 0.769 bits per heavy atom. The molecule has 0 saturated heterocycles. The van der Waals surface area contributed by atoms with Crippen molar-refractivity contribution in [2.24, 2.45) is 0 Å². The Morgan fingerprint density at radius 2 is 1.23 bits per heavy atom. The molecule has 0 aliphatic rings. The molecule has 0 N–H and O–H groups in total. The number of benzene rings is 1. The van der Waals surface area contributed by atoms with Crippen LogP contribution in [-0.4, -0.2) is 36.3 Å². The van der Waals surface area contributed by atoms with Crippen molar-refractivity contribution in [3.05, 3.63) is 17.7 Å². The molecular formula is C21H38O4Si. The summed E-state index contributed by atoms with van der Waals surface area (Å²) in [4.78, 5) is 0. The van der Waals surface area contributed by atoms with Gasteiger partial charge in [0.2, 0.25) is 5.75 Å². The number of ether oxygens (including phenoxy) is 3. The SMILES string of the molecule is COc1cc(CCCO[Si](C(C)C)(C(C)C)C(C)C)cc(OC)c1OC. The highest BCUT2D eigenvalue weighted by molar-refractivity contribution is 6.77. The molecule has 0 radical (unpaired) electrons. The minimum Gasteiger partial charge on any atom is -0.493 e. The van der Waals surface area contributed by atoms with E-state index >= 15 is 0 Å². The summed E-state index contributed by atoms with van der Waals surface area (Å²) in [6.45, 7) is 14.8. The minimum absolute atomic E-state index is 0.615. The van der Waals surface area contributed by atoms with E-state index in [9.17, 15) is 0 Å². The van der Waals surface area contributed by atoms with Crippen LogP contribution in [0.5, 0.6) is 17.2 Å². The quantitative estimate of drug-likeness (QED) is 0.356. The molecule has 0 aliphatic carbocycles. The van der Waals surface area contributed by atoms with Gasteiger partial charge < -0.3 is 18.6 Å². The maximum atomic E-state index is 6.65. The Kier molecular flexibility index (Phi) is 8.97. The van der Waals surface area contributed by atoms with Gasteiger partial charge in [-0.3, -0.25) is 0 Å².